The number of hydrogen-bond donors (Lipinski definition) is 1. The van der Waals surface area contributed by atoms with E-state index in [0.29, 0.717) is 6.54 Å². The van der Waals surface area contributed by atoms with Gasteiger partial charge in [0, 0.05) is 12.1 Å². The largest absolute Gasteiger partial charge is 0.496 e. The molecule has 20 heavy (non-hydrogen) atoms. The van der Waals surface area contributed by atoms with Crippen molar-refractivity contribution in [2.24, 2.45) is 11.8 Å². The lowest BCUT2D eigenvalue weighted by atomic mass is 9.86. The number of rotatable bonds is 5. The van der Waals surface area contributed by atoms with Crippen molar-refractivity contribution in [2.75, 3.05) is 26.7 Å². The molecule has 0 aliphatic carbocycles. The van der Waals surface area contributed by atoms with Crippen molar-refractivity contribution in [2.45, 2.75) is 32.8 Å². The number of methoxy groups -OCH3 is 1. The number of likely N-dealkylation sites (tertiary alicyclic amines) is 1. The average Bonchev–Trinajstić information content (AvgIpc) is 2.47. The van der Waals surface area contributed by atoms with E-state index < -0.39 is 6.10 Å². The van der Waals surface area contributed by atoms with E-state index in [4.69, 9.17) is 4.74 Å². The molecule has 1 aromatic rings. The third-order valence-electron chi connectivity index (χ3n) is 4.50. The summed E-state index contributed by atoms with van der Waals surface area (Å²) in [6, 6.07) is 7.74. The second-order valence-corrected chi connectivity index (χ2v) is 6.14. The molecule has 1 unspecified atom stereocenters. The molecule has 3 heteroatoms. The summed E-state index contributed by atoms with van der Waals surface area (Å²) < 4.78 is 5.33. The van der Waals surface area contributed by atoms with E-state index in [1.165, 1.54) is 12.8 Å². The van der Waals surface area contributed by atoms with Crippen molar-refractivity contribution in [3.05, 3.63) is 29.8 Å². The predicted molar refractivity (Wildman–Crippen MR) is 82.0 cm³/mol. The molecule has 3 nitrogen and oxygen atoms in total. The van der Waals surface area contributed by atoms with Gasteiger partial charge in [-0.15, -0.1) is 0 Å². The van der Waals surface area contributed by atoms with Crippen LogP contribution >= 0.6 is 0 Å². The Bertz CT molecular complexity index is 411. The number of aliphatic hydroxyl groups is 1. The Morgan fingerprint density at radius 1 is 1.25 bits per heavy atom. The fraction of sp³-hybridized carbons (Fsp3) is 0.647. The highest BCUT2D eigenvalue weighted by Crippen LogP contribution is 2.28. The molecule has 1 aliphatic heterocycles. The summed E-state index contributed by atoms with van der Waals surface area (Å²) >= 11 is 0. The van der Waals surface area contributed by atoms with Crippen molar-refractivity contribution < 1.29 is 9.84 Å². The standard InChI is InChI=1S/C17H27NO2/c1-13(2)14-8-10-18(11-9-14)12-16(19)15-6-4-5-7-17(15)20-3/h4-7,13-14,16,19H,8-12H2,1-3H3. The number of aliphatic hydroxyl groups excluding tert-OH is 1. The predicted octanol–water partition coefficient (Wildman–Crippen LogP) is 3.10. The van der Waals surface area contributed by atoms with Gasteiger partial charge in [-0.1, -0.05) is 32.0 Å². The van der Waals surface area contributed by atoms with Gasteiger partial charge in [-0.3, -0.25) is 0 Å². The van der Waals surface area contributed by atoms with Crippen molar-refractivity contribution in [1.29, 1.82) is 0 Å². The van der Waals surface area contributed by atoms with Crippen LogP contribution in [0.4, 0.5) is 0 Å². The number of piperidine rings is 1. The monoisotopic (exact) mass is 277 g/mol. The fourth-order valence-corrected chi connectivity index (χ4v) is 3.09. The molecule has 112 valence electrons. The van der Waals surface area contributed by atoms with Gasteiger partial charge in [0.15, 0.2) is 0 Å². The van der Waals surface area contributed by atoms with Gasteiger partial charge >= 0.3 is 0 Å². The molecular formula is C17H27NO2. The van der Waals surface area contributed by atoms with Gasteiger partial charge in [-0.25, -0.2) is 0 Å². The van der Waals surface area contributed by atoms with E-state index in [9.17, 15) is 5.11 Å². The second-order valence-electron chi connectivity index (χ2n) is 6.14. The molecule has 1 N–H and O–H groups in total. The third-order valence-corrected chi connectivity index (χ3v) is 4.50. The molecule has 0 radical (unpaired) electrons. The quantitative estimate of drug-likeness (QED) is 0.897. The maximum absolute atomic E-state index is 10.4. The minimum atomic E-state index is -0.471. The molecule has 1 heterocycles. The Morgan fingerprint density at radius 3 is 2.50 bits per heavy atom. The van der Waals surface area contributed by atoms with E-state index in [0.717, 1.165) is 36.2 Å². The van der Waals surface area contributed by atoms with Crippen LogP contribution < -0.4 is 4.74 Å². The summed E-state index contributed by atoms with van der Waals surface area (Å²) in [5.41, 5.74) is 0.890. The molecule has 1 saturated heterocycles. The van der Waals surface area contributed by atoms with Gasteiger partial charge < -0.3 is 14.7 Å². The minimum Gasteiger partial charge on any atom is -0.496 e. The zero-order chi connectivity index (χ0) is 14.5. The average molecular weight is 277 g/mol. The molecule has 0 spiro atoms. The Morgan fingerprint density at radius 2 is 1.90 bits per heavy atom. The van der Waals surface area contributed by atoms with Crippen molar-refractivity contribution in [3.8, 4) is 5.75 Å². The lowest BCUT2D eigenvalue weighted by Gasteiger charge is -2.35. The van der Waals surface area contributed by atoms with Crippen LogP contribution in [0.25, 0.3) is 0 Å². The highest BCUT2D eigenvalue weighted by molar-refractivity contribution is 5.35. The Hall–Kier alpha value is -1.06. The summed E-state index contributed by atoms with van der Waals surface area (Å²) in [7, 11) is 1.65. The smallest absolute Gasteiger partial charge is 0.124 e. The minimum absolute atomic E-state index is 0.471. The zero-order valence-electron chi connectivity index (χ0n) is 12.9. The summed E-state index contributed by atoms with van der Waals surface area (Å²) in [5.74, 6) is 2.39. The van der Waals surface area contributed by atoms with Crippen LogP contribution in [0.15, 0.2) is 24.3 Å². The van der Waals surface area contributed by atoms with Gasteiger partial charge in [0.25, 0.3) is 0 Å². The molecule has 0 saturated carbocycles. The SMILES string of the molecule is COc1ccccc1C(O)CN1CCC(C(C)C)CC1. The first-order valence-electron chi connectivity index (χ1n) is 7.65. The number of nitrogens with zero attached hydrogens (tertiary/aromatic N) is 1. The first-order valence-corrected chi connectivity index (χ1v) is 7.65. The molecule has 1 aromatic carbocycles. The van der Waals surface area contributed by atoms with Crippen molar-refractivity contribution in [1.82, 2.24) is 4.90 Å². The van der Waals surface area contributed by atoms with Crippen molar-refractivity contribution >= 4 is 0 Å². The molecule has 0 aromatic heterocycles. The third kappa shape index (κ3) is 3.74. The van der Waals surface area contributed by atoms with E-state index in [1.807, 2.05) is 24.3 Å². The van der Waals surface area contributed by atoms with Crippen LogP contribution in [0.3, 0.4) is 0 Å². The number of para-hydroxylation sites is 1. The van der Waals surface area contributed by atoms with Gasteiger partial charge in [-0.05, 0) is 43.8 Å². The Kier molecular flexibility index (Phi) is 5.44. The van der Waals surface area contributed by atoms with Gasteiger partial charge in [0.05, 0.1) is 13.2 Å². The highest BCUT2D eigenvalue weighted by atomic mass is 16.5. The first-order chi connectivity index (χ1) is 9.61. The molecule has 0 bridgehead atoms. The first kappa shape index (κ1) is 15.3. The molecule has 1 fully saturated rings. The van der Waals surface area contributed by atoms with E-state index in [1.54, 1.807) is 7.11 Å². The molecule has 1 atom stereocenters. The summed E-state index contributed by atoms with van der Waals surface area (Å²) in [4.78, 5) is 2.37. The maximum atomic E-state index is 10.4. The van der Waals surface area contributed by atoms with Crippen molar-refractivity contribution in [3.63, 3.8) is 0 Å². The lowest BCUT2D eigenvalue weighted by molar-refractivity contribution is 0.0804. The highest BCUT2D eigenvalue weighted by Gasteiger charge is 2.24. The zero-order valence-corrected chi connectivity index (χ0v) is 12.9. The van der Waals surface area contributed by atoms with Crippen LogP contribution in [0, 0.1) is 11.8 Å². The molecular weight excluding hydrogens is 250 g/mol. The Balaban J connectivity index is 1.91. The van der Waals surface area contributed by atoms with Crippen LogP contribution in [0.2, 0.25) is 0 Å². The number of β-amino-alcohol motifs (C(OH)–C–C–N with tert-alkyl or cyclic N) is 1. The number of benzene rings is 1. The van der Waals surface area contributed by atoms with Gasteiger partial charge in [-0.2, -0.15) is 0 Å². The summed E-state index contributed by atoms with van der Waals surface area (Å²) in [6.07, 6.45) is 2.02. The molecule has 0 amide bonds. The lowest BCUT2D eigenvalue weighted by Crippen LogP contribution is -2.37. The number of ether oxygens (including phenoxy) is 1. The Labute approximate surface area is 122 Å². The normalized spacial score (nSPS) is 19.2. The van der Waals surface area contributed by atoms with E-state index in [2.05, 4.69) is 18.7 Å². The van der Waals surface area contributed by atoms with Crippen LogP contribution in [-0.4, -0.2) is 36.8 Å². The fourth-order valence-electron chi connectivity index (χ4n) is 3.09. The second kappa shape index (κ2) is 7.09. The maximum Gasteiger partial charge on any atom is 0.124 e. The van der Waals surface area contributed by atoms with E-state index in [-0.39, 0.29) is 0 Å². The molecule has 2 rings (SSSR count). The van der Waals surface area contributed by atoms with Crippen LogP contribution in [0.5, 0.6) is 5.75 Å². The number of hydrogen-bond acceptors (Lipinski definition) is 3. The van der Waals surface area contributed by atoms with Crippen LogP contribution in [0.1, 0.15) is 38.4 Å². The summed E-state index contributed by atoms with van der Waals surface area (Å²) in [6.45, 7) is 7.50. The molecule has 1 aliphatic rings. The van der Waals surface area contributed by atoms with Crippen LogP contribution in [-0.2, 0) is 0 Å². The summed E-state index contributed by atoms with van der Waals surface area (Å²) in [5, 5.41) is 10.4. The van der Waals surface area contributed by atoms with Gasteiger partial charge in [0.1, 0.15) is 5.75 Å². The topological polar surface area (TPSA) is 32.7 Å². The van der Waals surface area contributed by atoms with Gasteiger partial charge in [0.2, 0.25) is 0 Å². The van der Waals surface area contributed by atoms with E-state index >= 15 is 0 Å².